The summed E-state index contributed by atoms with van der Waals surface area (Å²) in [6, 6.07) is 31.4. The molecule has 6 bridgehead atoms. The topological polar surface area (TPSA) is 149 Å². The fourth-order valence-electron chi connectivity index (χ4n) is 11.1. The number of hydrogen-bond donors (Lipinski definition) is 3. The van der Waals surface area contributed by atoms with E-state index in [9.17, 15) is 29.7 Å². The standard InChI is InChI=1S/3C17H23NO3/c3*1-18-13-7-8-14(18)10-15(9-13)21-17(20)16(11-19)12-5-3-2-4-6-12/h3*2-6,13-16,19H,7-11H2,1H3/t3*13-,14+,15+,16?. The molecule has 3 aromatic carbocycles. The first-order valence-electron chi connectivity index (χ1n) is 23.3. The van der Waals surface area contributed by atoms with Crippen LogP contribution in [0.25, 0.3) is 0 Å². The Bertz CT molecular complexity index is 1650. The van der Waals surface area contributed by atoms with Crippen molar-refractivity contribution in [2.24, 2.45) is 0 Å². The van der Waals surface area contributed by atoms with Gasteiger partial charge in [-0.3, -0.25) is 14.4 Å². The van der Waals surface area contributed by atoms with Gasteiger partial charge in [0.1, 0.15) is 36.1 Å². The Morgan fingerprint density at radius 1 is 0.429 bits per heavy atom. The number of carbonyl (C=O) groups excluding carboxylic acids is 3. The van der Waals surface area contributed by atoms with E-state index in [1.165, 1.54) is 38.5 Å². The number of piperidine rings is 3. The number of fused-ring (bicyclic) bond motifs is 6. The molecule has 12 nitrogen and oxygen atoms in total. The molecule has 0 aromatic heterocycles. The van der Waals surface area contributed by atoms with Crippen molar-refractivity contribution >= 4 is 17.9 Å². The molecule has 3 unspecified atom stereocenters. The quantitative estimate of drug-likeness (QED) is 0.150. The fraction of sp³-hybridized carbons (Fsp3) is 0.588. The Balaban J connectivity index is 0.000000142. The van der Waals surface area contributed by atoms with Crippen LogP contribution < -0.4 is 0 Å². The van der Waals surface area contributed by atoms with Gasteiger partial charge in [-0.25, -0.2) is 0 Å². The van der Waals surface area contributed by atoms with E-state index in [1.54, 1.807) is 0 Å². The lowest BCUT2D eigenvalue weighted by atomic mass is 9.98. The maximum atomic E-state index is 12.4. The number of aliphatic hydroxyl groups excluding tert-OH is 3. The zero-order valence-corrected chi connectivity index (χ0v) is 37.3. The molecule has 6 heterocycles. The average molecular weight is 868 g/mol. The van der Waals surface area contributed by atoms with Crippen molar-refractivity contribution in [2.75, 3.05) is 41.0 Å². The molecule has 12 heteroatoms. The summed E-state index contributed by atoms with van der Waals surface area (Å²) in [5, 5.41) is 28.6. The highest BCUT2D eigenvalue weighted by atomic mass is 16.6. The Kier molecular flexibility index (Phi) is 16.5. The second-order valence-electron chi connectivity index (χ2n) is 18.7. The summed E-state index contributed by atoms with van der Waals surface area (Å²) in [6.45, 7) is -0.618. The van der Waals surface area contributed by atoms with Crippen LogP contribution in [0.15, 0.2) is 91.0 Å². The van der Waals surface area contributed by atoms with E-state index >= 15 is 0 Å². The predicted molar refractivity (Wildman–Crippen MR) is 240 cm³/mol. The number of rotatable bonds is 12. The van der Waals surface area contributed by atoms with Crippen LogP contribution >= 0.6 is 0 Å². The second-order valence-corrected chi connectivity index (χ2v) is 18.7. The van der Waals surface area contributed by atoms with Gasteiger partial charge in [-0.15, -0.1) is 0 Å². The van der Waals surface area contributed by atoms with Crippen molar-refractivity contribution < 1.29 is 43.9 Å². The lowest BCUT2D eigenvalue weighted by molar-refractivity contribution is -0.156. The summed E-state index contributed by atoms with van der Waals surface area (Å²) in [5.74, 6) is -2.58. The molecule has 3 N–H and O–H groups in total. The molecule has 0 spiro atoms. The van der Waals surface area contributed by atoms with Crippen LogP contribution in [-0.4, -0.2) is 143 Å². The SMILES string of the molecule is CN1[C@@H]2CC[C@H]1C[C@@H](OC(=O)C(CO)c1ccccc1)C2.CN1[C@@H]2CC[C@H]1C[C@@H](OC(=O)C(CO)c1ccccc1)C2.CN1[C@@H]2CC[C@H]1C[C@@H](OC(=O)C(CO)c1ccccc1)C2. The first-order valence-corrected chi connectivity index (χ1v) is 23.3. The summed E-state index contributed by atoms with van der Waals surface area (Å²) < 4.78 is 17.1. The third-order valence-corrected chi connectivity index (χ3v) is 15.0. The third-order valence-electron chi connectivity index (χ3n) is 15.0. The maximum Gasteiger partial charge on any atom is 0.316 e. The van der Waals surface area contributed by atoms with Gasteiger partial charge in [-0.1, -0.05) is 91.0 Å². The molecule has 6 saturated heterocycles. The minimum atomic E-state index is -0.566. The summed E-state index contributed by atoms with van der Waals surface area (Å²) in [7, 11) is 6.50. The van der Waals surface area contributed by atoms with E-state index in [2.05, 4.69) is 35.8 Å². The minimum absolute atomic E-state index is 0.00367. The highest BCUT2D eigenvalue weighted by Crippen LogP contribution is 2.38. The molecule has 0 radical (unpaired) electrons. The van der Waals surface area contributed by atoms with Crippen molar-refractivity contribution in [2.45, 2.75) is 149 Å². The van der Waals surface area contributed by atoms with Crippen molar-refractivity contribution in [3.05, 3.63) is 108 Å². The third kappa shape index (κ3) is 11.6. The largest absolute Gasteiger partial charge is 0.462 e. The van der Waals surface area contributed by atoms with Gasteiger partial charge in [0, 0.05) is 36.3 Å². The number of benzene rings is 3. The lowest BCUT2D eigenvalue weighted by Crippen LogP contribution is -2.43. The molecule has 342 valence electrons. The van der Waals surface area contributed by atoms with Crippen molar-refractivity contribution in [1.29, 1.82) is 0 Å². The zero-order chi connectivity index (χ0) is 44.5. The van der Waals surface area contributed by atoms with Gasteiger partial charge in [0.05, 0.1) is 19.8 Å². The van der Waals surface area contributed by atoms with E-state index in [0.29, 0.717) is 36.3 Å². The van der Waals surface area contributed by atoms with E-state index < -0.39 is 17.8 Å². The molecule has 12 atom stereocenters. The van der Waals surface area contributed by atoms with E-state index in [-0.39, 0.29) is 56.0 Å². The van der Waals surface area contributed by atoms with Gasteiger partial charge in [-0.2, -0.15) is 0 Å². The summed E-state index contributed by atoms with van der Waals surface area (Å²) in [6.07, 6.45) is 12.8. The van der Waals surface area contributed by atoms with E-state index in [1.807, 2.05) is 91.0 Å². The van der Waals surface area contributed by atoms with Crippen LogP contribution in [0.1, 0.15) is 111 Å². The highest BCUT2D eigenvalue weighted by molar-refractivity contribution is 5.79. The number of nitrogens with zero attached hydrogens (tertiary/aromatic N) is 3. The first kappa shape index (κ1) is 46.8. The van der Waals surface area contributed by atoms with Crippen LogP contribution in [0, 0.1) is 0 Å². The van der Waals surface area contributed by atoms with Crippen LogP contribution in [0.5, 0.6) is 0 Å². The lowest BCUT2D eigenvalue weighted by Gasteiger charge is -2.36. The number of aliphatic hydroxyl groups is 3. The number of esters is 3. The Hall–Kier alpha value is -4.17. The molecule has 63 heavy (non-hydrogen) atoms. The van der Waals surface area contributed by atoms with Crippen LogP contribution in [0.3, 0.4) is 0 Å². The van der Waals surface area contributed by atoms with Gasteiger partial charge in [0.15, 0.2) is 0 Å². The molecular formula is C51H69N3O9. The minimum Gasteiger partial charge on any atom is -0.462 e. The molecule has 0 saturated carbocycles. The van der Waals surface area contributed by atoms with Gasteiger partial charge in [0.2, 0.25) is 0 Å². The Morgan fingerprint density at radius 3 is 0.825 bits per heavy atom. The number of carbonyl (C=O) groups is 3. The molecule has 6 fully saturated rings. The molecule has 0 amide bonds. The normalized spacial score (nSPS) is 30.1. The molecule has 3 aromatic rings. The maximum absolute atomic E-state index is 12.4. The number of hydrogen-bond acceptors (Lipinski definition) is 12. The van der Waals surface area contributed by atoms with E-state index in [0.717, 1.165) is 55.2 Å². The van der Waals surface area contributed by atoms with Crippen molar-refractivity contribution in [3.63, 3.8) is 0 Å². The van der Waals surface area contributed by atoms with Gasteiger partial charge < -0.3 is 44.2 Å². The van der Waals surface area contributed by atoms with Crippen LogP contribution in [0.4, 0.5) is 0 Å². The highest BCUT2D eigenvalue weighted by Gasteiger charge is 2.43. The molecular weight excluding hydrogens is 799 g/mol. The van der Waals surface area contributed by atoms with Crippen molar-refractivity contribution in [3.8, 4) is 0 Å². The Labute approximate surface area is 373 Å². The monoisotopic (exact) mass is 868 g/mol. The van der Waals surface area contributed by atoms with Gasteiger partial charge >= 0.3 is 17.9 Å². The fourth-order valence-corrected chi connectivity index (χ4v) is 11.1. The summed E-state index contributed by atoms with van der Waals surface area (Å²) in [4.78, 5) is 44.4. The molecule has 9 rings (SSSR count). The van der Waals surface area contributed by atoms with Crippen molar-refractivity contribution in [1.82, 2.24) is 14.7 Å². The van der Waals surface area contributed by atoms with E-state index in [4.69, 9.17) is 14.2 Å². The van der Waals surface area contributed by atoms with Crippen LogP contribution in [-0.2, 0) is 28.6 Å². The summed E-state index contributed by atoms with van der Waals surface area (Å²) in [5.41, 5.74) is 2.46. The van der Waals surface area contributed by atoms with Crippen LogP contribution in [0.2, 0.25) is 0 Å². The van der Waals surface area contributed by atoms with Gasteiger partial charge in [0.25, 0.3) is 0 Å². The molecule has 6 aliphatic heterocycles. The second kappa shape index (κ2) is 22.1. The predicted octanol–water partition coefficient (Wildman–Crippen LogP) is 5.79. The average Bonchev–Trinajstić information content (AvgIpc) is 3.69. The first-order chi connectivity index (χ1) is 30.6. The van der Waals surface area contributed by atoms with Gasteiger partial charge in [-0.05, 0) is 115 Å². The smallest absolute Gasteiger partial charge is 0.316 e. The number of ether oxygens (including phenoxy) is 3. The summed E-state index contributed by atoms with van der Waals surface area (Å²) >= 11 is 0. The molecule has 0 aliphatic carbocycles. The zero-order valence-electron chi connectivity index (χ0n) is 37.3. The molecule has 6 aliphatic rings. The Morgan fingerprint density at radius 2 is 0.635 bits per heavy atom.